The third-order valence-electron chi connectivity index (χ3n) is 3.97. The third-order valence-corrected chi connectivity index (χ3v) is 7.38. The number of carbonyl (C=O) groups is 1. The van der Waals surface area contributed by atoms with Crippen LogP contribution in [0.5, 0.6) is 0 Å². The minimum atomic E-state index is -4.66. The molecule has 0 radical (unpaired) electrons. The van der Waals surface area contributed by atoms with E-state index in [2.05, 4.69) is 20.8 Å². The Kier molecular flexibility index (Phi) is 7.93. The van der Waals surface area contributed by atoms with Gasteiger partial charge in [-0.3, -0.25) is 4.79 Å². The molecule has 0 aliphatic carbocycles. The SMILES string of the molecule is O=C(CSc1nnc(NCCc2ccccc2)s1)Nc1ccc(S(=O)(=O)C(F)F)cc1. The first-order chi connectivity index (χ1) is 14.8. The molecule has 1 amide bonds. The average molecular weight is 485 g/mol. The van der Waals surface area contributed by atoms with E-state index < -0.39 is 20.5 Å². The maximum absolute atomic E-state index is 12.5. The van der Waals surface area contributed by atoms with Crippen LogP contribution in [0.2, 0.25) is 0 Å². The number of rotatable bonds is 10. The largest absolute Gasteiger partial charge is 0.360 e. The number of anilines is 2. The van der Waals surface area contributed by atoms with Crippen LogP contribution in [0.1, 0.15) is 5.56 Å². The molecule has 0 spiro atoms. The lowest BCUT2D eigenvalue weighted by molar-refractivity contribution is -0.113. The van der Waals surface area contributed by atoms with Gasteiger partial charge in [-0.1, -0.05) is 53.4 Å². The maximum atomic E-state index is 12.5. The van der Waals surface area contributed by atoms with Crippen molar-refractivity contribution in [3.63, 3.8) is 0 Å². The Hall–Kier alpha value is -2.57. The number of carbonyl (C=O) groups excluding carboxylic acids is 1. The van der Waals surface area contributed by atoms with E-state index in [1.807, 2.05) is 30.3 Å². The zero-order valence-electron chi connectivity index (χ0n) is 16.0. The van der Waals surface area contributed by atoms with Crippen molar-refractivity contribution in [2.45, 2.75) is 21.4 Å². The second-order valence-electron chi connectivity index (χ2n) is 6.20. The van der Waals surface area contributed by atoms with Crippen LogP contribution in [0, 0.1) is 0 Å². The average Bonchev–Trinajstić information content (AvgIpc) is 3.21. The Morgan fingerprint density at radius 1 is 1.06 bits per heavy atom. The van der Waals surface area contributed by atoms with Crippen molar-refractivity contribution in [1.29, 1.82) is 0 Å². The molecule has 0 saturated heterocycles. The summed E-state index contributed by atoms with van der Waals surface area (Å²) in [5.41, 5.74) is 1.52. The molecule has 0 bridgehead atoms. The number of hydrogen-bond acceptors (Lipinski definition) is 8. The summed E-state index contributed by atoms with van der Waals surface area (Å²) in [5.74, 6) is -3.77. The van der Waals surface area contributed by atoms with Gasteiger partial charge in [-0.2, -0.15) is 8.78 Å². The summed E-state index contributed by atoms with van der Waals surface area (Å²) in [4.78, 5) is 11.6. The Morgan fingerprint density at radius 3 is 2.45 bits per heavy atom. The number of thioether (sulfide) groups is 1. The molecule has 3 aromatic rings. The molecule has 3 rings (SSSR count). The van der Waals surface area contributed by atoms with Crippen LogP contribution in [0.25, 0.3) is 0 Å². The molecule has 31 heavy (non-hydrogen) atoms. The number of alkyl halides is 2. The van der Waals surface area contributed by atoms with Gasteiger partial charge < -0.3 is 10.6 Å². The number of nitrogens with one attached hydrogen (secondary N) is 2. The summed E-state index contributed by atoms with van der Waals surface area (Å²) in [6, 6.07) is 14.6. The highest BCUT2D eigenvalue weighted by Gasteiger charge is 2.26. The lowest BCUT2D eigenvalue weighted by Gasteiger charge is -2.06. The minimum Gasteiger partial charge on any atom is -0.360 e. The second kappa shape index (κ2) is 10.6. The summed E-state index contributed by atoms with van der Waals surface area (Å²) >= 11 is 2.54. The first-order valence-electron chi connectivity index (χ1n) is 9.00. The highest BCUT2D eigenvalue weighted by atomic mass is 32.2. The van der Waals surface area contributed by atoms with Crippen LogP contribution in [-0.2, 0) is 21.1 Å². The van der Waals surface area contributed by atoms with Crippen molar-refractivity contribution in [2.75, 3.05) is 22.9 Å². The molecule has 0 aliphatic heterocycles. The molecule has 1 heterocycles. The summed E-state index contributed by atoms with van der Waals surface area (Å²) in [6.07, 6.45) is 0.850. The van der Waals surface area contributed by atoms with Gasteiger partial charge >= 0.3 is 5.76 Å². The Labute approximate surface area is 186 Å². The van der Waals surface area contributed by atoms with Crippen LogP contribution >= 0.6 is 23.1 Å². The number of benzene rings is 2. The lowest BCUT2D eigenvalue weighted by Crippen LogP contribution is -2.14. The van der Waals surface area contributed by atoms with Gasteiger partial charge in [-0.15, -0.1) is 10.2 Å². The van der Waals surface area contributed by atoms with Crippen LogP contribution < -0.4 is 10.6 Å². The quantitative estimate of drug-likeness (QED) is 0.421. The molecule has 0 aliphatic rings. The molecule has 12 heteroatoms. The maximum Gasteiger partial charge on any atom is 0.341 e. The van der Waals surface area contributed by atoms with E-state index in [4.69, 9.17) is 0 Å². The molecule has 1 aromatic heterocycles. The number of hydrogen-bond donors (Lipinski definition) is 2. The van der Waals surface area contributed by atoms with Gasteiger partial charge in [0.05, 0.1) is 10.6 Å². The third kappa shape index (κ3) is 6.71. The smallest absolute Gasteiger partial charge is 0.341 e. The van der Waals surface area contributed by atoms with Crippen LogP contribution in [-0.4, -0.2) is 42.6 Å². The Balaban J connectivity index is 1.43. The predicted octanol–water partition coefficient (Wildman–Crippen LogP) is 3.92. The van der Waals surface area contributed by atoms with Crippen molar-refractivity contribution < 1.29 is 22.0 Å². The van der Waals surface area contributed by atoms with Crippen LogP contribution in [0.4, 0.5) is 19.6 Å². The first kappa shape index (κ1) is 23.1. The Bertz CT molecular complexity index is 1110. The fourth-order valence-electron chi connectivity index (χ4n) is 2.45. The van der Waals surface area contributed by atoms with Gasteiger partial charge in [0, 0.05) is 12.2 Å². The molecule has 7 nitrogen and oxygen atoms in total. The zero-order chi connectivity index (χ0) is 22.3. The van der Waals surface area contributed by atoms with Crippen LogP contribution in [0.3, 0.4) is 0 Å². The molecule has 164 valence electrons. The molecule has 2 N–H and O–H groups in total. The van der Waals surface area contributed by atoms with E-state index in [9.17, 15) is 22.0 Å². The standard InChI is InChI=1S/C19H18F2N4O3S3/c20-17(21)31(27,28)15-8-6-14(7-9-15)23-16(26)12-29-19-25-24-18(30-19)22-11-10-13-4-2-1-3-5-13/h1-9,17H,10-12H2,(H,22,24)(H,23,26). The van der Waals surface area contributed by atoms with Crippen molar-refractivity contribution in [1.82, 2.24) is 10.2 Å². The van der Waals surface area contributed by atoms with E-state index in [1.165, 1.54) is 40.8 Å². The zero-order valence-corrected chi connectivity index (χ0v) is 18.4. The molecular formula is C19H18F2N4O3S3. The summed E-state index contributed by atoms with van der Waals surface area (Å²) < 4.78 is 48.5. The topological polar surface area (TPSA) is 101 Å². The molecule has 0 unspecified atom stereocenters. The minimum absolute atomic E-state index is 0.0652. The fraction of sp³-hybridized carbons (Fsp3) is 0.211. The molecule has 0 atom stereocenters. The molecule has 2 aromatic carbocycles. The van der Waals surface area contributed by atoms with Gasteiger partial charge in [-0.25, -0.2) is 8.42 Å². The van der Waals surface area contributed by atoms with Crippen molar-refractivity contribution in [3.8, 4) is 0 Å². The number of aromatic nitrogens is 2. The van der Waals surface area contributed by atoms with Crippen molar-refractivity contribution >= 4 is 49.7 Å². The van der Waals surface area contributed by atoms with Gasteiger partial charge in [0.15, 0.2) is 4.34 Å². The highest BCUT2D eigenvalue weighted by Crippen LogP contribution is 2.26. The molecule has 0 fully saturated rings. The van der Waals surface area contributed by atoms with Gasteiger partial charge in [0.2, 0.25) is 20.9 Å². The van der Waals surface area contributed by atoms with E-state index >= 15 is 0 Å². The number of amides is 1. The normalized spacial score (nSPS) is 11.5. The summed E-state index contributed by atoms with van der Waals surface area (Å²) in [5, 5.41) is 14.5. The first-order valence-corrected chi connectivity index (χ1v) is 12.4. The highest BCUT2D eigenvalue weighted by molar-refractivity contribution is 8.01. The van der Waals surface area contributed by atoms with E-state index in [0.29, 0.717) is 21.7 Å². The van der Waals surface area contributed by atoms with Crippen LogP contribution in [0.15, 0.2) is 63.8 Å². The van der Waals surface area contributed by atoms with Gasteiger partial charge in [0.25, 0.3) is 0 Å². The van der Waals surface area contributed by atoms with Crippen molar-refractivity contribution in [2.24, 2.45) is 0 Å². The number of sulfone groups is 1. The van der Waals surface area contributed by atoms with Crippen molar-refractivity contribution in [3.05, 3.63) is 60.2 Å². The van der Waals surface area contributed by atoms with Gasteiger partial charge in [-0.05, 0) is 36.2 Å². The molecular weight excluding hydrogens is 466 g/mol. The summed E-state index contributed by atoms with van der Waals surface area (Å²) in [6.45, 7) is 0.709. The van der Waals surface area contributed by atoms with Gasteiger partial charge in [0.1, 0.15) is 0 Å². The number of halogens is 2. The Morgan fingerprint density at radius 2 is 1.77 bits per heavy atom. The lowest BCUT2D eigenvalue weighted by atomic mass is 10.2. The number of nitrogens with zero attached hydrogens (tertiary/aromatic N) is 2. The monoisotopic (exact) mass is 484 g/mol. The van der Waals surface area contributed by atoms with E-state index in [-0.39, 0.29) is 11.7 Å². The summed E-state index contributed by atoms with van der Waals surface area (Å²) in [7, 11) is -4.66. The molecule has 0 saturated carbocycles. The fourth-order valence-corrected chi connectivity index (χ4v) is 4.75. The van der Waals surface area contributed by atoms with E-state index in [1.54, 1.807) is 0 Å². The second-order valence-corrected chi connectivity index (χ2v) is 10.3. The predicted molar refractivity (Wildman–Crippen MR) is 118 cm³/mol. The van der Waals surface area contributed by atoms with E-state index in [0.717, 1.165) is 18.6 Å².